The van der Waals surface area contributed by atoms with Crippen molar-refractivity contribution in [2.45, 2.75) is 30.5 Å². The summed E-state index contributed by atoms with van der Waals surface area (Å²) in [4.78, 5) is 11.0. The Balaban J connectivity index is 2.14. The van der Waals surface area contributed by atoms with E-state index in [1.54, 1.807) is 0 Å². The highest BCUT2D eigenvalue weighted by atomic mass is 32.2. The minimum atomic E-state index is -4.84. The molecule has 22 heavy (non-hydrogen) atoms. The van der Waals surface area contributed by atoms with Crippen LogP contribution in [0.5, 0.6) is 5.75 Å². The average molecular weight is 335 g/mol. The second kappa shape index (κ2) is 5.99. The maximum atomic E-state index is 12.1. The number of carbonyl (C=O) groups is 1. The molecule has 0 aromatic heterocycles. The largest absolute Gasteiger partial charge is 0.573 e. The summed E-state index contributed by atoms with van der Waals surface area (Å²) in [6, 6.07) is 3.80. The maximum absolute atomic E-state index is 12.1. The number of benzene rings is 1. The first kappa shape index (κ1) is 16.3. The molecule has 0 amide bonds. The standard InChI is InChI=1S/C13H12F3NO4S/c14-13(15,16)21-11-4-6-12(7-5-11)22(19,20)17-9-2-1-3-10(18)8-9/h4-8,17H,1-3H2. The third-order valence-electron chi connectivity index (χ3n) is 2.84. The predicted molar refractivity (Wildman–Crippen MR) is 70.4 cm³/mol. The fourth-order valence-corrected chi connectivity index (χ4v) is 3.04. The van der Waals surface area contributed by atoms with Gasteiger partial charge in [0.2, 0.25) is 0 Å². The molecule has 0 saturated carbocycles. The second-order valence-corrected chi connectivity index (χ2v) is 6.30. The van der Waals surface area contributed by atoms with Crippen LogP contribution < -0.4 is 9.46 Å². The third kappa shape index (κ3) is 4.48. The van der Waals surface area contributed by atoms with Crippen molar-refractivity contribution in [1.29, 1.82) is 0 Å². The van der Waals surface area contributed by atoms with Crippen molar-refractivity contribution in [3.63, 3.8) is 0 Å². The highest BCUT2D eigenvalue weighted by Crippen LogP contribution is 2.24. The Kier molecular flexibility index (Phi) is 4.45. The van der Waals surface area contributed by atoms with Gasteiger partial charge in [0, 0.05) is 18.2 Å². The summed E-state index contributed by atoms with van der Waals surface area (Å²) in [6.07, 6.45) is -2.28. The number of allylic oxidation sites excluding steroid dienone is 2. The molecule has 0 saturated heterocycles. The number of sulfonamides is 1. The number of hydrogen-bond donors (Lipinski definition) is 1. The van der Waals surface area contributed by atoms with Crippen molar-refractivity contribution < 1.29 is 31.1 Å². The van der Waals surface area contributed by atoms with E-state index in [1.807, 2.05) is 0 Å². The monoisotopic (exact) mass is 335 g/mol. The van der Waals surface area contributed by atoms with Crippen molar-refractivity contribution in [3.8, 4) is 5.75 Å². The summed E-state index contributed by atoms with van der Waals surface area (Å²) in [6.45, 7) is 0. The summed E-state index contributed by atoms with van der Waals surface area (Å²) in [5, 5.41) is 0. The Labute approximate surface area is 124 Å². The van der Waals surface area contributed by atoms with Crippen LogP contribution in [0.1, 0.15) is 19.3 Å². The molecule has 0 radical (unpaired) electrons. The first-order valence-electron chi connectivity index (χ1n) is 6.28. The van der Waals surface area contributed by atoms with Crippen molar-refractivity contribution in [2.75, 3.05) is 0 Å². The molecular formula is C13H12F3NO4S. The van der Waals surface area contributed by atoms with E-state index in [0.717, 1.165) is 24.3 Å². The van der Waals surface area contributed by atoms with Crippen LogP contribution in [-0.4, -0.2) is 20.6 Å². The van der Waals surface area contributed by atoms with Crippen LogP contribution in [0.4, 0.5) is 13.2 Å². The Morgan fingerprint density at radius 1 is 1.09 bits per heavy atom. The first-order valence-corrected chi connectivity index (χ1v) is 7.76. The molecule has 0 heterocycles. The molecule has 2 rings (SSSR count). The van der Waals surface area contributed by atoms with Crippen LogP contribution in [-0.2, 0) is 14.8 Å². The molecule has 1 N–H and O–H groups in total. The Bertz CT molecular complexity index is 693. The molecule has 0 aliphatic heterocycles. The third-order valence-corrected chi connectivity index (χ3v) is 4.26. The molecule has 0 atom stereocenters. The van der Waals surface area contributed by atoms with Crippen molar-refractivity contribution in [2.24, 2.45) is 0 Å². The zero-order chi connectivity index (χ0) is 16.4. The van der Waals surface area contributed by atoms with Crippen molar-refractivity contribution >= 4 is 15.8 Å². The lowest BCUT2D eigenvalue weighted by atomic mass is 10.0. The van der Waals surface area contributed by atoms with Crippen LogP contribution >= 0.6 is 0 Å². The highest BCUT2D eigenvalue weighted by Gasteiger charge is 2.31. The molecule has 120 valence electrons. The number of ether oxygens (including phenoxy) is 1. The number of alkyl halides is 3. The minimum absolute atomic E-state index is 0.169. The van der Waals surface area contributed by atoms with Gasteiger partial charge >= 0.3 is 6.36 Å². The van der Waals surface area contributed by atoms with Gasteiger partial charge in [0.25, 0.3) is 10.0 Å². The van der Waals surface area contributed by atoms with Gasteiger partial charge in [-0.1, -0.05) is 0 Å². The zero-order valence-electron chi connectivity index (χ0n) is 11.2. The number of halogens is 3. The molecule has 0 bridgehead atoms. The van der Waals surface area contributed by atoms with E-state index >= 15 is 0 Å². The van der Waals surface area contributed by atoms with E-state index in [0.29, 0.717) is 19.3 Å². The van der Waals surface area contributed by atoms with Crippen LogP contribution in [0.3, 0.4) is 0 Å². The molecule has 0 fully saturated rings. The number of nitrogens with one attached hydrogen (secondary N) is 1. The van der Waals surface area contributed by atoms with Gasteiger partial charge in [-0.2, -0.15) is 0 Å². The van der Waals surface area contributed by atoms with Gasteiger partial charge in [-0.15, -0.1) is 13.2 Å². The number of ketones is 1. The van der Waals surface area contributed by atoms with E-state index in [-0.39, 0.29) is 16.4 Å². The van der Waals surface area contributed by atoms with Crippen LogP contribution in [0.15, 0.2) is 40.9 Å². The van der Waals surface area contributed by atoms with E-state index < -0.39 is 22.1 Å². The SMILES string of the molecule is O=C1C=C(NS(=O)(=O)c2ccc(OC(F)(F)F)cc2)CCC1. The second-order valence-electron chi connectivity index (χ2n) is 4.61. The lowest BCUT2D eigenvalue weighted by Crippen LogP contribution is -2.25. The lowest BCUT2D eigenvalue weighted by Gasteiger charge is -2.15. The van der Waals surface area contributed by atoms with Gasteiger partial charge in [-0.05, 0) is 37.1 Å². The maximum Gasteiger partial charge on any atom is 0.573 e. The van der Waals surface area contributed by atoms with E-state index in [2.05, 4.69) is 9.46 Å². The molecule has 5 nitrogen and oxygen atoms in total. The van der Waals surface area contributed by atoms with Gasteiger partial charge < -0.3 is 4.74 Å². The molecule has 1 aromatic rings. The van der Waals surface area contributed by atoms with E-state index in [4.69, 9.17) is 0 Å². The van der Waals surface area contributed by atoms with Gasteiger partial charge in [0.1, 0.15) is 5.75 Å². The molecule has 1 aromatic carbocycles. The summed E-state index contributed by atoms with van der Waals surface area (Å²) in [5.41, 5.74) is 0.270. The number of carbonyl (C=O) groups excluding carboxylic acids is 1. The fourth-order valence-electron chi connectivity index (χ4n) is 1.92. The normalized spacial score (nSPS) is 16.1. The van der Waals surface area contributed by atoms with Gasteiger partial charge in [0.15, 0.2) is 5.78 Å². The molecule has 0 unspecified atom stereocenters. The van der Waals surface area contributed by atoms with Crippen molar-refractivity contribution in [1.82, 2.24) is 4.72 Å². The summed E-state index contributed by atoms with van der Waals surface area (Å²) >= 11 is 0. The molecular weight excluding hydrogens is 323 g/mol. The van der Waals surface area contributed by atoms with Crippen LogP contribution in [0.25, 0.3) is 0 Å². The molecule has 0 spiro atoms. The minimum Gasteiger partial charge on any atom is -0.406 e. The summed E-state index contributed by atoms with van der Waals surface area (Å²) in [5.74, 6) is -0.684. The first-order chi connectivity index (χ1) is 10.2. The topological polar surface area (TPSA) is 72.5 Å². The lowest BCUT2D eigenvalue weighted by molar-refractivity contribution is -0.274. The molecule has 1 aliphatic carbocycles. The van der Waals surface area contributed by atoms with E-state index in [1.165, 1.54) is 6.08 Å². The smallest absolute Gasteiger partial charge is 0.406 e. The van der Waals surface area contributed by atoms with E-state index in [9.17, 15) is 26.4 Å². The van der Waals surface area contributed by atoms with Crippen LogP contribution in [0.2, 0.25) is 0 Å². The highest BCUT2D eigenvalue weighted by molar-refractivity contribution is 7.89. The molecule has 9 heteroatoms. The Morgan fingerprint density at radius 3 is 2.27 bits per heavy atom. The fraction of sp³-hybridized carbons (Fsp3) is 0.308. The predicted octanol–water partition coefficient (Wildman–Crippen LogP) is 2.50. The van der Waals surface area contributed by atoms with Gasteiger partial charge in [-0.25, -0.2) is 8.42 Å². The number of hydrogen-bond acceptors (Lipinski definition) is 4. The van der Waals surface area contributed by atoms with Gasteiger partial charge in [-0.3, -0.25) is 9.52 Å². The summed E-state index contributed by atoms with van der Waals surface area (Å²) < 4.78 is 66.2. The van der Waals surface area contributed by atoms with Gasteiger partial charge in [0.05, 0.1) is 4.90 Å². The number of rotatable bonds is 4. The van der Waals surface area contributed by atoms with Crippen LogP contribution in [0, 0.1) is 0 Å². The summed E-state index contributed by atoms with van der Waals surface area (Å²) in [7, 11) is -3.95. The van der Waals surface area contributed by atoms with Crippen molar-refractivity contribution in [3.05, 3.63) is 36.0 Å². The molecule has 1 aliphatic rings. The zero-order valence-corrected chi connectivity index (χ0v) is 12.0. The Hall–Kier alpha value is -2.03. The Morgan fingerprint density at radius 2 is 1.73 bits per heavy atom. The average Bonchev–Trinajstić information content (AvgIpc) is 2.36. The quantitative estimate of drug-likeness (QED) is 0.918.